The Morgan fingerprint density at radius 3 is 2.63 bits per heavy atom. The van der Waals surface area contributed by atoms with Gasteiger partial charge in [0.1, 0.15) is 0 Å². The smallest absolute Gasteiger partial charge is 0.362 e. The van der Waals surface area contributed by atoms with Gasteiger partial charge in [0, 0.05) is 16.7 Å². The Morgan fingerprint density at radius 2 is 1.96 bits per heavy atom. The van der Waals surface area contributed by atoms with Gasteiger partial charge in [-0.3, -0.25) is 0 Å². The van der Waals surface area contributed by atoms with E-state index < -0.39 is 17.8 Å². The van der Waals surface area contributed by atoms with Gasteiger partial charge in [0.25, 0.3) is 5.72 Å². The molecule has 2 heterocycles. The zero-order valence-electron chi connectivity index (χ0n) is 15.0. The highest BCUT2D eigenvalue weighted by atomic mass is 32.1. The average Bonchev–Trinajstić information content (AvgIpc) is 3.19. The lowest BCUT2D eigenvalue weighted by atomic mass is 9.76. The number of halogens is 3. The molecule has 1 aliphatic carbocycles. The van der Waals surface area contributed by atoms with Crippen molar-refractivity contribution >= 4 is 22.2 Å². The lowest BCUT2D eigenvalue weighted by Crippen LogP contribution is -2.60. The highest BCUT2D eigenvalue weighted by molar-refractivity contribution is 7.14. The Balaban J connectivity index is 1.74. The summed E-state index contributed by atoms with van der Waals surface area (Å²) in [5.74, 6) is -0.935. The molecule has 3 atom stereocenters. The molecule has 2 aromatic rings. The van der Waals surface area contributed by atoms with E-state index >= 15 is 0 Å². The molecule has 4 nitrogen and oxygen atoms in total. The van der Waals surface area contributed by atoms with E-state index in [2.05, 4.69) is 10.1 Å². The fourth-order valence-corrected chi connectivity index (χ4v) is 4.65. The number of benzene rings is 1. The standard InChI is InChI=1S/C19H20F3N3OS/c1-11-3-6-13(7-4-11)16-10-27-17(23-16)25-18(26,19(20,21)22)14-9-12(2)5-8-15(14)24-25/h3-4,6-7,10,12,14,26H,5,8-9H2,1-2H3/t12-,14+,18+/m1/s1. The number of nitrogens with zero attached hydrogens (tertiary/aromatic N) is 3. The first-order valence-corrected chi connectivity index (χ1v) is 9.77. The molecule has 0 radical (unpaired) electrons. The second-order valence-corrected chi connectivity index (χ2v) is 8.28. The summed E-state index contributed by atoms with van der Waals surface area (Å²) in [5, 5.41) is 17.5. The quantitative estimate of drug-likeness (QED) is 0.780. The van der Waals surface area contributed by atoms with Crippen LogP contribution in [0, 0.1) is 18.8 Å². The molecule has 27 heavy (non-hydrogen) atoms. The molecule has 0 spiro atoms. The second-order valence-electron chi connectivity index (χ2n) is 7.44. The van der Waals surface area contributed by atoms with E-state index in [4.69, 9.17) is 0 Å². The number of fused-ring (bicyclic) bond motifs is 1. The largest absolute Gasteiger partial charge is 0.439 e. The van der Waals surface area contributed by atoms with Gasteiger partial charge < -0.3 is 5.11 Å². The molecule has 4 rings (SSSR count). The SMILES string of the molecule is Cc1ccc(-c2csc(N3N=C4CC[C@@H](C)C[C@@H]4[C@]3(O)C(F)(F)F)n2)cc1. The topological polar surface area (TPSA) is 48.7 Å². The summed E-state index contributed by atoms with van der Waals surface area (Å²) in [6.45, 7) is 3.87. The van der Waals surface area contributed by atoms with Gasteiger partial charge in [-0.05, 0) is 32.1 Å². The van der Waals surface area contributed by atoms with Crippen LogP contribution in [0.5, 0.6) is 0 Å². The predicted molar refractivity (Wildman–Crippen MR) is 99.7 cm³/mol. The number of hydrogen-bond donors (Lipinski definition) is 1. The van der Waals surface area contributed by atoms with Gasteiger partial charge in [-0.25, -0.2) is 4.98 Å². The summed E-state index contributed by atoms with van der Waals surface area (Å²) in [5.41, 5.74) is -0.149. The van der Waals surface area contributed by atoms with Gasteiger partial charge in [-0.15, -0.1) is 11.3 Å². The maximum atomic E-state index is 14.0. The first kappa shape index (κ1) is 18.4. The Labute approximate surface area is 159 Å². The van der Waals surface area contributed by atoms with E-state index in [1.54, 1.807) is 5.38 Å². The summed E-state index contributed by atoms with van der Waals surface area (Å²) in [6.07, 6.45) is -3.32. The molecular formula is C19H20F3N3OS. The fraction of sp³-hybridized carbons (Fsp3) is 0.474. The predicted octanol–water partition coefficient (Wildman–Crippen LogP) is 4.98. The zero-order chi connectivity index (χ0) is 19.4. The number of alkyl halides is 3. The third-order valence-corrected chi connectivity index (χ3v) is 6.22. The number of aliphatic hydroxyl groups is 1. The van der Waals surface area contributed by atoms with Crippen LogP contribution in [0.1, 0.15) is 31.7 Å². The van der Waals surface area contributed by atoms with Crippen LogP contribution in [-0.2, 0) is 0 Å². The second kappa shape index (κ2) is 6.31. The van der Waals surface area contributed by atoms with Crippen molar-refractivity contribution in [3.05, 3.63) is 35.2 Å². The normalized spacial score (nSPS) is 28.2. The number of hydrogen-bond acceptors (Lipinski definition) is 5. The van der Waals surface area contributed by atoms with Crippen molar-refractivity contribution < 1.29 is 18.3 Å². The summed E-state index contributed by atoms with van der Waals surface area (Å²) in [7, 11) is 0. The minimum Gasteiger partial charge on any atom is -0.362 e. The number of hydrazone groups is 1. The molecule has 2 aliphatic rings. The molecule has 0 unspecified atom stereocenters. The van der Waals surface area contributed by atoms with Crippen LogP contribution in [0.4, 0.5) is 18.3 Å². The van der Waals surface area contributed by atoms with Gasteiger partial charge in [-0.1, -0.05) is 36.8 Å². The lowest BCUT2D eigenvalue weighted by Gasteiger charge is -2.39. The number of aromatic nitrogens is 1. The monoisotopic (exact) mass is 395 g/mol. The van der Waals surface area contributed by atoms with Crippen LogP contribution in [0.25, 0.3) is 11.3 Å². The van der Waals surface area contributed by atoms with E-state index in [0.717, 1.165) is 28.9 Å². The summed E-state index contributed by atoms with van der Waals surface area (Å²) in [4.78, 5) is 4.36. The maximum absolute atomic E-state index is 14.0. The van der Waals surface area contributed by atoms with Gasteiger partial charge >= 0.3 is 6.18 Å². The minimum atomic E-state index is -4.84. The summed E-state index contributed by atoms with van der Waals surface area (Å²) >= 11 is 1.06. The Bertz CT molecular complexity index is 877. The molecule has 0 amide bonds. The van der Waals surface area contributed by atoms with Crippen LogP contribution in [0.15, 0.2) is 34.7 Å². The van der Waals surface area contributed by atoms with E-state index in [0.29, 0.717) is 22.8 Å². The third kappa shape index (κ3) is 2.95. The molecule has 1 N–H and O–H groups in total. The first-order chi connectivity index (χ1) is 12.7. The molecule has 8 heteroatoms. The van der Waals surface area contributed by atoms with Crippen molar-refractivity contribution in [3.63, 3.8) is 0 Å². The average molecular weight is 395 g/mol. The maximum Gasteiger partial charge on any atom is 0.439 e. The van der Waals surface area contributed by atoms with Gasteiger partial charge in [0.2, 0.25) is 5.13 Å². The zero-order valence-corrected chi connectivity index (χ0v) is 15.8. The first-order valence-electron chi connectivity index (χ1n) is 8.89. The van der Waals surface area contributed by atoms with Crippen LogP contribution in [0.2, 0.25) is 0 Å². The molecular weight excluding hydrogens is 375 g/mol. The van der Waals surface area contributed by atoms with E-state index in [1.165, 1.54) is 0 Å². The van der Waals surface area contributed by atoms with Crippen molar-refractivity contribution in [1.29, 1.82) is 0 Å². The molecule has 1 saturated carbocycles. The van der Waals surface area contributed by atoms with Gasteiger partial charge in [0.05, 0.1) is 11.6 Å². The number of thiazole rings is 1. The van der Waals surface area contributed by atoms with Crippen LogP contribution in [-0.4, -0.2) is 27.7 Å². The van der Waals surface area contributed by atoms with E-state index in [1.807, 2.05) is 38.1 Å². The molecule has 1 aromatic carbocycles. The highest BCUT2D eigenvalue weighted by Gasteiger charge is 2.68. The molecule has 0 saturated heterocycles. The summed E-state index contributed by atoms with van der Waals surface area (Å²) in [6, 6.07) is 7.60. The molecule has 144 valence electrons. The van der Waals surface area contributed by atoms with Crippen molar-refractivity contribution in [1.82, 2.24) is 4.98 Å². The lowest BCUT2D eigenvalue weighted by molar-refractivity contribution is -0.269. The van der Waals surface area contributed by atoms with Gasteiger partial charge in [0.15, 0.2) is 0 Å². The van der Waals surface area contributed by atoms with Crippen LogP contribution in [0.3, 0.4) is 0 Å². The number of aryl methyl sites for hydroxylation is 1. The van der Waals surface area contributed by atoms with E-state index in [9.17, 15) is 18.3 Å². The summed E-state index contributed by atoms with van der Waals surface area (Å²) < 4.78 is 41.9. The molecule has 1 aromatic heterocycles. The number of anilines is 1. The Hall–Kier alpha value is -1.93. The van der Waals surface area contributed by atoms with Gasteiger partial charge in [-0.2, -0.15) is 23.3 Å². The molecule has 0 bridgehead atoms. The van der Waals surface area contributed by atoms with Crippen LogP contribution >= 0.6 is 11.3 Å². The van der Waals surface area contributed by atoms with Crippen LogP contribution < -0.4 is 5.01 Å². The highest BCUT2D eigenvalue weighted by Crippen LogP contribution is 2.51. The Kier molecular flexibility index (Phi) is 4.31. The molecule has 1 aliphatic heterocycles. The minimum absolute atomic E-state index is 0.0555. The Morgan fingerprint density at radius 1 is 1.26 bits per heavy atom. The molecule has 1 fully saturated rings. The van der Waals surface area contributed by atoms with E-state index in [-0.39, 0.29) is 17.5 Å². The van der Waals surface area contributed by atoms with Crippen molar-refractivity contribution in [2.24, 2.45) is 16.9 Å². The van der Waals surface area contributed by atoms with Crippen molar-refractivity contribution in [3.8, 4) is 11.3 Å². The number of rotatable bonds is 2. The fourth-order valence-electron chi connectivity index (χ4n) is 3.82. The third-order valence-electron chi connectivity index (χ3n) is 5.41. The van der Waals surface area contributed by atoms with Crippen molar-refractivity contribution in [2.75, 3.05) is 5.01 Å². The van der Waals surface area contributed by atoms with Crippen molar-refractivity contribution in [2.45, 2.75) is 45.0 Å².